The van der Waals surface area contributed by atoms with Crippen molar-refractivity contribution in [3.63, 3.8) is 0 Å². The summed E-state index contributed by atoms with van der Waals surface area (Å²) in [4.78, 5) is 13.3. The highest BCUT2D eigenvalue weighted by atomic mass is 35.5. The van der Waals surface area contributed by atoms with E-state index in [0.717, 1.165) is 39.1 Å². The average Bonchev–Trinajstić information content (AvgIpc) is 3.13. The fourth-order valence-corrected chi connectivity index (χ4v) is 4.09. The van der Waals surface area contributed by atoms with Gasteiger partial charge < -0.3 is 4.57 Å². The number of hydrogen-bond acceptors (Lipinski definition) is 3. The second-order valence-corrected chi connectivity index (χ2v) is 8.17. The standard InChI is InChI=1S/C25H18Cl2N4/c26-21-4-5-22(27)20(13-21)16-31-24-14-18(19-2-1-9-29-15-19)3-6-23(24)30-25(31)12-17-7-10-28-11-8-17/h1-11,13-15H,12,16H2. The van der Waals surface area contributed by atoms with Crippen LogP contribution in [-0.2, 0) is 13.0 Å². The molecule has 0 bridgehead atoms. The maximum Gasteiger partial charge on any atom is 0.114 e. The van der Waals surface area contributed by atoms with Gasteiger partial charge in [-0.15, -0.1) is 0 Å². The zero-order chi connectivity index (χ0) is 21.2. The molecular formula is C25H18Cl2N4. The van der Waals surface area contributed by atoms with Crippen molar-refractivity contribution in [3.8, 4) is 11.1 Å². The third-order valence-electron chi connectivity index (χ3n) is 5.27. The topological polar surface area (TPSA) is 43.6 Å². The van der Waals surface area contributed by atoms with Crippen molar-refractivity contribution in [2.75, 3.05) is 0 Å². The molecule has 3 aromatic heterocycles. The molecule has 0 radical (unpaired) electrons. The Kier molecular flexibility index (Phi) is 5.41. The summed E-state index contributed by atoms with van der Waals surface area (Å²) < 4.78 is 2.22. The molecule has 0 saturated heterocycles. The molecule has 2 aromatic carbocycles. The van der Waals surface area contributed by atoms with Crippen LogP contribution in [0.3, 0.4) is 0 Å². The molecule has 0 atom stereocenters. The van der Waals surface area contributed by atoms with Crippen molar-refractivity contribution in [1.29, 1.82) is 0 Å². The molecule has 5 rings (SSSR count). The van der Waals surface area contributed by atoms with Crippen LogP contribution in [0.2, 0.25) is 10.0 Å². The molecule has 0 saturated carbocycles. The molecule has 0 unspecified atom stereocenters. The van der Waals surface area contributed by atoms with Crippen LogP contribution < -0.4 is 0 Å². The Labute approximate surface area is 190 Å². The van der Waals surface area contributed by atoms with E-state index < -0.39 is 0 Å². The van der Waals surface area contributed by atoms with E-state index in [1.807, 2.05) is 36.5 Å². The molecule has 0 aliphatic rings. The zero-order valence-corrected chi connectivity index (χ0v) is 18.1. The summed E-state index contributed by atoms with van der Waals surface area (Å²) in [5, 5.41) is 1.35. The lowest BCUT2D eigenvalue weighted by Crippen LogP contribution is -2.06. The monoisotopic (exact) mass is 444 g/mol. The molecule has 31 heavy (non-hydrogen) atoms. The summed E-state index contributed by atoms with van der Waals surface area (Å²) in [6, 6.07) is 19.9. The number of pyridine rings is 2. The van der Waals surface area contributed by atoms with Crippen LogP contribution in [0.4, 0.5) is 0 Å². The van der Waals surface area contributed by atoms with Gasteiger partial charge >= 0.3 is 0 Å². The van der Waals surface area contributed by atoms with Gasteiger partial charge in [0, 0.05) is 46.8 Å². The molecule has 0 aliphatic heterocycles. The molecule has 6 heteroatoms. The Hall–Kier alpha value is -3.21. The highest BCUT2D eigenvalue weighted by Crippen LogP contribution is 2.28. The smallest absolute Gasteiger partial charge is 0.114 e. The van der Waals surface area contributed by atoms with Gasteiger partial charge in [-0.1, -0.05) is 35.3 Å². The van der Waals surface area contributed by atoms with Crippen LogP contribution in [0.25, 0.3) is 22.2 Å². The maximum atomic E-state index is 6.50. The van der Waals surface area contributed by atoms with E-state index in [0.29, 0.717) is 23.0 Å². The number of nitrogens with zero attached hydrogens (tertiary/aromatic N) is 4. The lowest BCUT2D eigenvalue weighted by molar-refractivity contribution is 0.762. The normalized spacial score (nSPS) is 11.2. The first-order valence-corrected chi connectivity index (χ1v) is 10.7. The highest BCUT2D eigenvalue weighted by Gasteiger charge is 2.15. The molecule has 4 nitrogen and oxygen atoms in total. The van der Waals surface area contributed by atoms with E-state index in [1.54, 1.807) is 24.7 Å². The quantitative estimate of drug-likeness (QED) is 0.313. The van der Waals surface area contributed by atoms with E-state index in [2.05, 4.69) is 38.8 Å². The molecule has 0 fully saturated rings. The Bertz CT molecular complexity index is 1350. The molecule has 0 amide bonds. The van der Waals surface area contributed by atoms with Crippen molar-refractivity contribution >= 4 is 34.2 Å². The average molecular weight is 445 g/mol. The summed E-state index contributed by atoms with van der Waals surface area (Å²) in [5.41, 5.74) is 6.24. The van der Waals surface area contributed by atoms with Gasteiger partial charge in [0.2, 0.25) is 0 Å². The third-order valence-corrected chi connectivity index (χ3v) is 5.87. The van der Waals surface area contributed by atoms with Gasteiger partial charge in [-0.2, -0.15) is 0 Å². The summed E-state index contributed by atoms with van der Waals surface area (Å²) in [7, 11) is 0. The minimum Gasteiger partial charge on any atom is -0.323 e. The third kappa shape index (κ3) is 4.18. The molecule has 0 N–H and O–H groups in total. The van der Waals surface area contributed by atoms with Gasteiger partial charge in [0.15, 0.2) is 0 Å². The predicted octanol–water partition coefficient (Wildman–Crippen LogP) is 6.44. The minimum absolute atomic E-state index is 0.576. The number of aromatic nitrogens is 4. The van der Waals surface area contributed by atoms with Gasteiger partial charge in [0.25, 0.3) is 0 Å². The molecule has 152 valence electrons. The second kappa shape index (κ2) is 8.50. The Balaban J connectivity index is 1.65. The first-order valence-electron chi connectivity index (χ1n) is 9.90. The van der Waals surface area contributed by atoms with E-state index in [9.17, 15) is 0 Å². The van der Waals surface area contributed by atoms with E-state index in [-0.39, 0.29) is 0 Å². The number of halogens is 2. The van der Waals surface area contributed by atoms with E-state index in [4.69, 9.17) is 28.2 Å². The van der Waals surface area contributed by atoms with Gasteiger partial charge in [-0.05, 0) is 65.2 Å². The summed E-state index contributed by atoms with van der Waals surface area (Å²) in [6.07, 6.45) is 7.94. The zero-order valence-electron chi connectivity index (χ0n) is 16.5. The second-order valence-electron chi connectivity index (χ2n) is 7.33. The first kappa shape index (κ1) is 19.7. The van der Waals surface area contributed by atoms with Crippen LogP contribution in [0.15, 0.2) is 85.5 Å². The summed E-state index contributed by atoms with van der Waals surface area (Å²) in [6.45, 7) is 0.576. The van der Waals surface area contributed by atoms with Gasteiger partial charge in [-0.3, -0.25) is 9.97 Å². The summed E-state index contributed by atoms with van der Waals surface area (Å²) >= 11 is 12.7. The van der Waals surface area contributed by atoms with Gasteiger partial charge in [-0.25, -0.2) is 4.98 Å². The fourth-order valence-electron chi connectivity index (χ4n) is 3.72. The number of rotatable bonds is 5. The number of benzene rings is 2. The fraction of sp³-hybridized carbons (Fsp3) is 0.0800. The lowest BCUT2D eigenvalue weighted by atomic mass is 10.1. The number of hydrogen-bond donors (Lipinski definition) is 0. The Morgan fingerprint density at radius 2 is 1.68 bits per heavy atom. The Morgan fingerprint density at radius 3 is 2.48 bits per heavy atom. The maximum absolute atomic E-state index is 6.50. The molecule has 0 spiro atoms. The van der Waals surface area contributed by atoms with Crippen molar-refractivity contribution < 1.29 is 0 Å². The van der Waals surface area contributed by atoms with E-state index >= 15 is 0 Å². The van der Waals surface area contributed by atoms with Crippen LogP contribution in [0.5, 0.6) is 0 Å². The number of fused-ring (bicyclic) bond motifs is 1. The predicted molar refractivity (Wildman–Crippen MR) is 126 cm³/mol. The molecular weight excluding hydrogens is 427 g/mol. The molecule has 3 heterocycles. The van der Waals surface area contributed by atoms with Gasteiger partial charge in [0.05, 0.1) is 17.6 Å². The SMILES string of the molecule is Clc1ccc(Cl)c(Cn2c(Cc3ccncc3)nc3ccc(-c4cccnc4)cc32)c1. The molecule has 0 aliphatic carbocycles. The van der Waals surface area contributed by atoms with Crippen LogP contribution in [-0.4, -0.2) is 19.5 Å². The minimum atomic E-state index is 0.576. The largest absolute Gasteiger partial charge is 0.323 e. The van der Waals surface area contributed by atoms with E-state index in [1.165, 1.54) is 0 Å². The van der Waals surface area contributed by atoms with Crippen LogP contribution >= 0.6 is 23.2 Å². The Morgan fingerprint density at radius 1 is 0.806 bits per heavy atom. The van der Waals surface area contributed by atoms with Crippen molar-refractivity contribution in [1.82, 2.24) is 19.5 Å². The summed E-state index contributed by atoms with van der Waals surface area (Å²) in [5.74, 6) is 0.959. The van der Waals surface area contributed by atoms with Crippen LogP contribution in [0, 0.1) is 0 Å². The lowest BCUT2D eigenvalue weighted by Gasteiger charge is -2.12. The van der Waals surface area contributed by atoms with Crippen molar-refractivity contribution in [2.24, 2.45) is 0 Å². The first-order chi connectivity index (χ1) is 15.2. The van der Waals surface area contributed by atoms with Crippen LogP contribution in [0.1, 0.15) is 17.0 Å². The van der Waals surface area contributed by atoms with Crippen molar-refractivity contribution in [3.05, 3.63) is 112 Å². The number of imidazole rings is 1. The van der Waals surface area contributed by atoms with Crippen molar-refractivity contribution in [2.45, 2.75) is 13.0 Å². The highest BCUT2D eigenvalue weighted by molar-refractivity contribution is 6.33. The van der Waals surface area contributed by atoms with Gasteiger partial charge in [0.1, 0.15) is 5.82 Å². The molecule has 5 aromatic rings.